The molecule has 1 aromatic carbocycles. The molecule has 0 aromatic heterocycles. The number of carbonyl (C=O) groups excluding carboxylic acids is 1. The molecule has 2 atom stereocenters. The van der Waals surface area contributed by atoms with Crippen molar-refractivity contribution in [1.82, 2.24) is 4.90 Å². The van der Waals surface area contributed by atoms with Crippen molar-refractivity contribution < 1.29 is 4.79 Å². The van der Waals surface area contributed by atoms with Gasteiger partial charge in [0.25, 0.3) is 0 Å². The molecule has 0 saturated carbocycles. The third-order valence-corrected chi connectivity index (χ3v) is 4.84. The molecule has 2 heterocycles. The predicted molar refractivity (Wildman–Crippen MR) is 88.2 cm³/mol. The van der Waals surface area contributed by atoms with Gasteiger partial charge in [-0.05, 0) is 49.8 Å². The summed E-state index contributed by atoms with van der Waals surface area (Å²) in [6.07, 6.45) is 4.35. The molecular weight excluding hydrogens is 276 g/mol. The summed E-state index contributed by atoms with van der Waals surface area (Å²) in [6.45, 7) is 4.16. The number of nitrogens with one attached hydrogen (secondary N) is 3. The van der Waals surface area contributed by atoms with E-state index in [1.807, 2.05) is 24.0 Å². The summed E-state index contributed by atoms with van der Waals surface area (Å²) in [5, 5.41) is 18.0. The van der Waals surface area contributed by atoms with Crippen LogP contribution < -0.4 is 5.32 Å². The van der Waals surface area contributed by atoms with Crippen LogP contribution in [0.1, 0.15) is 37.3 Å². The molecule has 5 nitrogen and oxygen atoms in total. The van der Waals surface area contributed by atoms with Crippen molar-refractivity contribution in [2.75, 3.05) is 5.32 Å². The highest BCUT2D eigenvalue weighted by molar-refractivity contribution is 6.36. The first-order valence-electron chi connectivity index (χ1n) is 7.79. The van der Waals surface area contributed by atoms with Gasteiger partial charge in [0.1, 0.15) is 0 Å². The minimum Gasteiger partial charge on any atom is -0.318 e. The van der Waals surface area contributed by atoms with Gasteiger partial charge in [0, 0.05) is 29.5 Å². The van der Waals surface area contributed by atoms with E-state index < -0.39 is 0 Å². The fraction of sp³-hybridized carbons (Fsp3) is 0.471. The second kappa shape index (κ2) is 5.55. The van der Waals surface area contributed by atoms with E-state index in [0.717, 1.165) is 31.0 Å². The molecule has 3 N–H and O–H groups in total. The molecular formula is C17H22N4O. The molecule has 2 fully saturated rings. The van der Waals surface area contributed by atoms with Crippen LogP contribution in [0, 0.1) is 23.7 Å². The molecule has 2 aliphatic heterocycles. The Bertz CT molecular complexity index is 628. The van der Waals surface area contributed by atoms with Gasteiger partial charge < -0.3 is 15.6 Å². The Morgan fingerprint density at radius 3 is 2.64 bits per heavy atom. The van der Waals surface area contributed by atoms with Gasteiger partial charge >= 0.3 is 6.03 Å². The van der Waals surface area contributed by atoms with Gasteiger partial charge in [-0.3, -0.25) is 5.41 Å². The molecule has 5 heteroatoms. The standard InChI is InChI=1S/C17H22N4O/c1-10-5-13-8-14(6-10)21(13)17(22)20-12-4-3-11(2)15(7-12)16(19)9-18/h3-4,7,9-10,13-14,18-19H,5-6,8H2,1-2H3,(H,20,22). The summed E-state index contributed by atoms with van der Waals surface area (Å²) in [4.78, 5) is 14.4. The fourth-order valence-corrected chi connectivity index (χ4v) is 3.73. The topological polar surface area (TPSA) is 80.0 Å². The first-order valence-corrected chi connectivity index (χ1v) is 7.79. The highest BCUT2D eigenvalue weighted by Crippen LogP contribution is 2.41. The van der Waals surface area contributed by atoms with Crippen molar-refractivity contribution in [2.45, 2.75) is 45.2 Å². The lowest BCUT2D eigenvalue weighted by atomic mass is 9.74. The number of amides is 2. The summed E-state index contributed by atoms with van der Waals surface area (Å²) in [7, 11) is 0. The van der Waals surface area contributed by atoms with Crippen LogP contribution in [0.25, 0.3) is 0 Å². The fourth-order valence-electron chi connectivity index (χ4n) is 3.73. The number of fused-ring (bicyclic) bond motifs is 2. The minimum absolute atomic E-state index is 0.0377. The summed E-state index contributed by atoms with van der Waals surface area (Å²) in [5.41, 5.74) is 2.46. The third-order valence-electron chi connectivity index (χ3n) is 4.84. The number of piperidine rings is 1. The normalized spacial score (nSPS) is 26.1. The number of rotatable bonds is 3. The second-order valence-corrected chi connectivity index (χ2v) is 6.55. The maximum absolute atomic E-state index is 12.5. The number of benzene rings is 1. The van der Waals surface area contributed by atoms with Crippen LogP contribution in [0.2, 0.25) is 0 Å². The van der Waals surface area contributed by atoms with Crippen molar-refractivity contribution >= 4 is 23.6 Å². The van der Waals surface area contributed by atoms with Crippen LogP contribution in [0.3, 0.4) is 0 Å². The van der Waals surface area contributed by atoms with Crippen LogP contribution in [-0.4, -0.2) is 34.9 Å². The molecule has 2 amide bonds. The molecule has 3 rings (SSSR count). The Balaban J connectivity index is 1.72. The molecule has 0 aliphatic carbocycles. The zero-order valence-electron chi connectivity index (χ0n) is 13.0. The summed E-state index contributed by atoms with van der Waals surface area (Å²) in [5.74, 6) is 0.715. The Kier molecular flexibility index (Phi) is 3.72. The van der Waals surface area contributed by atoms with Gasteiger partial charge in [0.2, 0.25) is 0 Å². The summed E-state index contributed by atoms with van der Waals surface area (Å²) < 4.78 is 0. The molecule has 22 heavy (non-hydrogen) atoms. The maximum Gasteiger partial charge on any atom is 0.322 e. The highest BCUT2D eigenvalue weighted by atomic mass is 16.2. The molecule has 2 unspecified atom stereocenters. The number of anilines is 1. The Morgan fingerprint density at radius 1 is 1.32 bits per heavy atom. The van der Waals surface area contributed by atoms with E-state index >= 15 is 0 Å². The van der Waals surface area contributed by atoms with E-state index in [4.69, 9.17) is 10.8 Å². The molecule has 1 aromatic rings. The first-order chi connectivity index (χ1) is 10.5. The number of hydrogen-bond donors (Lipinski definition) is 3. The maximum atomic E-state index is 12.5. The molecule has 2 bridgehead atoms. The van der Waals surface area contributed by atoms with Crippen molar-refractivity contribution in [2.24, 2.45) is 5.92 Å². The lowest BCUT2D eigenvalue weighted by molar-refractivity contribution is -0.00600. The zero-order valence-corrected chi connectivity index (χ0v) is 13.0. The van der Waals surface area contributed by atoms with Gasteiger partial charge in [-0.2, -0.15) is 0 Å². The van der Waals surface area contributed by atoms with E-state index in [2.05, 4.69) is 12.2 Å². The quantitative estimate of drug-likeness (QED) is 0.734. The average molecular weight is 298 g/mol. The second-order valence-electron chi connectivity index (χ2n) is 6.55. The lowest BCUT2D eigenvalue weighted by Gasteiger charge is -2.54. The predicted octanol–water partition coefficient (Wildman–Crippen LogP) is 3.42. The van der Waals surface area contributed by atoms with E-state index in [1.54, 1.807) is 6.07 Å². The third kappa shape index (κ3) is 2.51. The van der Waals surface area contributed by atoms with Crippen LogP contribution in [-0.2, 0) is 0 Å². The number of nitrogens with zero attached hydrogens (tertiary/aromatic N) is 1. The molecule has 0 spiro atoms. The van der Waals surface area contributed by atoms with Crippen LogP contribution in [0.4, 0.5) is 10.5 Å². The van der Waals surface area contributed by atoms with Gasteiger partial charge in [-0.1, -0.05) is 13.0 Å². The SMILES string of the molecule is Cc1ccc(NC(=O)N2C3CC(C)CC2C3)cc1C(=N)C=N. The van der Waals surface area contributed by atoms with E-state index in [9.17, 15) is 4.79 Å². The minimum atomic E-state index is -0.0377. The van der Waals surface area contributed by atoms with Crippen LogP contribution in [0.15, 0.2) is 18.2 Å². The Hall–Kier alpha value is -2.17. The van der Waals surface area contributed by atoms with Gasteiger partial charge in [-0.25, -0.2) is 4.79 Å². The summed E-state index contributed by atoms with van der Waals surface area (Å²) in [6, 6.07) is 6.24. The number of hydrogen-bond acceptors (Lipinski definition) is 3. The Labute approximate surface area is 130 Å². The van der Waals surface area contributed by atoms with E-state index in [-0.39, 0.29) is 11.7 Å². The largest absolute Gasteiger partial charge is 0.322 e. The molecule has 0 radical (unpaired) electrons. The zero-order chi connectivity index (χ0) is 15.9. The number of urea groups is 1. The van der Waals surface area contributed by atoms with Crippen LogP contribution in [0.5, 0.6) is 0 Å². The number of aryl methyl sites for hydroxylation is 1. The molecule has 2 aliphatic rings. The van der Waals surface area contributed by atoms with Crippen molar-refractivity contribution in [3.8, 4) is 0 Å². The van der Waals surface area contributed by atoms with Gasteiger partial charge in [0.05, 0.1) is 5.71 Å². The summed E-state index contributed by atoms with van der Waals surface area (Å²) >= 11 is 0. The van der Waals surface area contributed by atoms with Crippen molar-refractivity contribution in [1.29, 1.82) is 10.8 Å². The van der Waals surface area contributed by atoms with Crippen molar-refractivity contribution in [3.63, 3.8) is 0 Å². The van der Waals surface area contributed by atoms with E-state index in [0.29, 0.717) is 29.3 Å². The average Bonchev–Trinajstić information content (AvgIpc) is 2.47. The molecule has 2 saturated heterocycles. The Morgan fingerprint density at radius 2 is 2.00 bits per heavy atom. The monoisotopic (exact) mass is 298 g/mol. The smallest absolute Gasteiger partial charge is 0.318 e. The van der Waals surface area contributed by atoms with Gasteiger partial charge in [0.15, 0.2) is 0 Å². The lowest BCUT2D eigenvalue weighted by Crippen LogP contribution is -2.63. The molecule has 116 valence electrons. The van der Waals surface area contributed by atoms with E-state index in [1.165, 1.54) is 0 Å². The van der Waals surface area contributed by atoms with Crippen molar-refractivity contribution in [3.05, 3.63) is 29.3 Å². The van der Waals surface area contributed by atoms with Crippen LogP contribution >= 0.6 is 0 Å². The first kappa shape index (κ1) is 14.8. The highest BCUT2D eigenvalue weighted by Gasteiger charge is 2.46. The van der Waals surface area contributed by atoms with Gasteiger partial charge in [-0.15, -0.1) is 0 Å². The number of carbonyl (C=O) groups is 1.